The van der Waals surface area contributed by atoms with Crippen molar-refractivity contribution in [1.29, 1.82) is 0 Å². The Morgan fingerprint density at radius 1 is 1.50 bits per heavy atom. The van der Waals surface area contributed by atoms with Crippen LogP contribution in [0.4, 0.5) is 11.4 Å². The zero-order valence-electron chi connectivity index (χ0n) is 10.8. The van der Waals surface area contributed by atoms with Gasteiger partial charge in [-0.25, -0.2) is 0 Å². The monoisotopic (exact) mass is 276 g/mol. The third kappa shape index (κ3) is 2.58. The fraction of sp³-hybridized carbons (Fsp3) is 0.167. The third-order valence-electron chi connectivity index (χ3n) is 2.72. The number of benzene rings is 1. The van der Waals surface area contributed by atoms with Crippen LogP contribution < -0.4 is 10.1 Å². The first-order valence-electron chi connectivity index (χ1n) is 5.66. The predicted molar refractivity (Wildman–Crippen MR) is 70.9 cm³/mol. The Morgan fingerprint density at radius 3 is 2.85 bits per heavy atom. The second-order valence-corrected chi connectivity index (χ2v) is 4.02. The van der Waals surface area contributed by atoms with Crippen LogP contribution in [0.5, 0.6) is 5.75 Å². The van der Waals surface area contributed by atoms with Gasteiger partial charge in [-0.05, 0) is 30.7 Å². The normalized spacial score (nSPS) is 10.1. The lowest BCUT2D eigenvalue weighted by Crippen LogP contribution is -2.14. The number of nitro groups is 1. The van der Waals surface area contributed by atoms with Gasteiger partial charge in [0.2, 0.25) is 5.69 Å². The molecule has 8 heteroatoms. The Hall–Kier alpha value is -2.90. The molecule has 0 spiro atoms. The van der Waals surface area contributed by atoms with E-state index in [1.165, 1.54) is 0 Å². The van der Waals surface area contributed by atoms with Crippen LogP contribution >= 0.6 is 0 Å². The Balaban J connectivity index is 2.23. The first-order chi connectivity index (χ1) is 9.52. The molecule has 0 saturated carbocycles. The summed E-state index contributed by atoms with van der Waals surface area (Å²) in [6.07, 6.45) is 0.996. The Kier molecular flexibility index (Phi) is 3.65. The summed E-state index contributed by atoms with van der Waals surface area (Å²) in [5.74, 6) is 0.0375. The average molecular weight is 276 g/mol. The minimum Gasteiger partial charge on any atom is -0.497 e. The summed E-state index contributed by atoms with van der Waals surface area (Å²) in [6.45, 7) is 1.79. The lowest BCUT2D eigenvalue weighted by Gasteiger charge is -2.08. The van der Waals surface area contributed by atoms with Gasteiger partial charge in [-0.1, -0.05) is 0 Å². The molecule has 0 aliphatic carbocycles. The van der Waals surface area contributed by atoms with Crippen molar-refractivity contribution >= 4 is 17.3 Å². The highest BCUT2D eigenvalue weighted by atomic mass is 16.6. The highest BCUT2D eigenvalue weighted by Crippen LogP contribution is 2.22. The van der Waals surface area contributed by atoms with E-state index in [0.717, 1.165) is 11.8 Å². The number of rotatable bonds is 4. The molecule has 0 aliphatic rings. The van der Waals surface area contributed by atoms with Crippen LogP contribution in [0, 0.1) is 17.0 Å². The summed E-state index contributed by atoms with van der Waals surface area (Å²) in [5.41, 5.74) is 0.762. The number of hydrogen-bond donors (Lipinski definition) is 2. The van der Waals surface area contributed by atoms with E-state index in [4.69, 9.17) is 4.74 Å². The predicted octanol–water partition coefficient (Wildman–Crippen LogP) is 1.89. The van der Waals surface area contributed by atoms with Gasteiger partial charge in [0.05, 0.1) is 12.0 Å². The van der Waals surface area contributed by atoms with Crippen molar-refractivity contribution in [3.63, 3.8) is 0 Å². The number of methoxy groups -OCH3 is 1. The smallest absolute Gasteiger partial charge is 0.319 e. The fourth-order valence-electron chi connectivity index (χ4n) is 1.67. The zero-order chi connectivity index (χ0) is 14.7. The third-order valence-corrected chi connectivity index (χ3v) is 2.72. The van der Waals surface area contributed by atoms with Gasteiger partial charge in [0, 0.05) is 5.69 Å². The summed E-state index contributed by atoms with van der Waals surface area (Å²) in [5, 5.41) is 19.2. The molecule has 104 valence electrons. The largest absolute Gasteiger partial charge is 0.497 e. The number of aryl methyl sites for hydroxylation is 1. The van der Waals surface area contributed by atoms with Crippen molar-refractivity contribution in [3.05, 3.63) is 45.8 Å². The second kappa shape index (κ2) is 5.39. The SMILES string of the molecule is COc1ccc(NC(=O)c2[nH]ncc2[N+](=O)[O-])c(C)c1. The summed E-state index contributed by atoms with van der Waals surface area (Å²) < 4.78 is 5.06. The van der Waals surface area contributed by atoms with Crippen LogP contribution in [0.15, 0.2) is 24.4 Å². The second-order valence-electron chi connectivity index (χ2n) is 4.02. The van der Waals surface area contributed by atoms with E-state index in [2.05, 4.69) is 15.5 Å². The van der Waals surface area contributed by atoms with Crippen LogP contribution in [-0.4, -0.2) is 28.1 Å². The van der Waals surface area contributed by atoms with Gasteiger partial charge in [0.25, 0.3) is 5.91 Å². The van der Waals surface area contributed by atoms with E-state index in [-0.39, 0.29) is 11.4 Å². The van der Waals surface area contributed by atoms with Crippen molar-refractivity contribution in [1.82, 2.24) is 10.2 Å². The molecule has 0 unspecified atom stereocenters. The Morgan fingerprint density at radius 2 is 2.25 bits per heavy atom. The van der Waals surface area contributed by atoms with E-state index < -0.39 is 10.8 Å². The maximum absolute atomic E-state index is 12.0. The molecule has 0 aliphatic heterocycles. The van der Waals surface area contributed by atoms with Crippen LogP contribution in [0.25, 0.3) is 0 Å². The minimum atomic E-state index is -0.667. The molecule has 1 heterocycles. The van der Waals surface area contributed by atoms with Gasteiger partial charge >= 0.3 is 5.69 Å². The molecule has 1 amide bonds. The lowest BCUT2D eigenvalue weighted by molar-refractivity contribution is -0.385. The number of aromatic amines is 1. The maximum Gasteiger partial charge on any atom is 0.319 e. The summed E-state index contributed by atoms with van der Waals surface area (Å²) in [7, 11) is 1.54. The van der Waals surface area contributed by atoms with Crippen LogP contribution in [0.1, 0.15) is 16.1 Å². The number of amides is 1. The zero-order valence-corrected chi connectivity index (χ0v) is 10.8. The number of carbonyl (C=O) groups excluding carboxylic acids is 1. The first-order valence-corrected chi connectivity index (χ1v) is 5.66. The Labute approximate surface area is 113 Å². The quantitative estimate of drug-likeness (QED) is 0.654. The average Bonchev–Trinajstić information content (AvgIpc) is 2.90. The molecule has 1 aromatic heterocycles. The van der Waals surface area contributed by atoms with Crippen molar-refractivity contribution in [2.24, 2.45) is 0 Å². The highest BCUT2D eigenvalue weighted by molar-refractivity contribution is 6.05. The van der Waals surface area contributed by atoms with Gasteiger partial charge in [-0.15, -0.1) is 0 Å². The molecule has 2 aromatic rings. The lowest BCUT2D eigenvalue weighted by atomic mass is 10.2. The van der Waals surface area contributed by atoms with E-state index in [9.17, 15) is 14.9 Å². The van der Waals surface area contributed by atoms with E-state index in [0.29, 0.717) is 11.4 Å². The Bertz CT molecular complexity index is 665. The topological polar surface area (TPSA) is 110 Å². The molecule has 0 fully saturated rings. The summed E-state index contributed by atoms with van der Waals surface area (Å²) in [6, 6.07) is 5.09. The number of anilines is 1. The summed E-state index contributed by atoms with van der Waals surface area (Å²) >= 11 is 0. The van der Waals surface area contributed by atoms with Crippen LogP contribution in [0.2, 0.25) is 0 Å². The van der Waals surface area contributed by atoms with Crippen LogP contribution in [0.3, 0.4) is 0 Å². The van der Waals surface area contributed by atoms with E-state index >= 15 is 0 Å². The molecule has 0 saturated heterocycles. The molecule has 8 nitrogen and oxygen atoms in total. The molecule has 2 N–H and O–H groups in total. The van der Waals surface area contributed by atoms with E-state index in [1.807, 2.05) is 0 Å². The molecule has 20 heavy (non-hydrogen) atoms. The molecular weight excluding hydrogens is 264 g/mol. The molecule has 0 radical (unpaired) electrons. The molecule has 1 aromatic carbocycles. The highest BCUT2D eigenvalue weighted by Gasteiger charge is 2.23. The van der Waals surface area contributed by atoms with E-state index in [1.54, 1.807) is 32.2 Å². The number of nitrogens with one attached hydrogen (secondary N) is 2. The standard InChI is InChI=1S/C12H12N4O4/c1-7-5-8(20-2)3-4-9(7)14-12(17)11-10(16(18)19)6-13-15-11/h3-6H,1-2H3,(H,13,15)(H,14,17). The van der Waals surface area contributed by atoms with Gasteiger partial charge in [-0.3, -0.25) is 20.0 Å². The number of nitrogens with zero attached hydrogens (tertiary/aromatic N) is 2. The van der Waals surface area contributed by atoms with Gasteiger partial charge in [0.1, 0.15) is 11.9 Å². The van der Waals surface area contributed by atoms with Crippen molar-refractivity contribution in [2.75, 3.05) is 12.4 Å². The number of H-pyrrole nitrogens is 1. The van der Waals surface area contributed by atoms with Crippen LogP contribution in [-0.2, 0) is 0 Å². The minimum absolute atomic E-state index is 0.190. The first kappa shape index (κ1) is 13.5. The maximum atomic E-state index is 12.0. The fourth-order valence-corrected chi connectivity index (χ4v) is 1.67. The molecule has 2 rings (SSSR count). The molecule has 0 atom stereocenters. The molecular formula is C12H12N4O4. The summed E-state index contributed by atoms with van der Waals surface area (Å²) in [4.78, 5) is 22.1. The number of aromatic nitrogens is 2. The molecule has 0 bridgehead atoms. The van der Waals surface area contributed by atoms with Crippen molar-refractivity contribution in [3.8, 4) is 5.75 Å². The van der Waals surface area contributed by atoms with Crippen molar-refractivity contribution < 1.29 is 14.5 Å². The van der Waals surface area contributed by atoms with Crippen molar-refractivity contribution in [2.45, 2.75) is 6.92 Å². The number of hydrogen-bond acceptors (Lipinski definition) is 5. The number of ether oxygens (including phenoxy) is 1. The number of carbonyl (C=O) groups is 1. The van der Waals surface area contributed by atoms with Gasteiger partial charge < -0.3 is 10.1 Å². The van der Waals surface area contributed by atoms with Gasteiger partial charge in [0.15, 0.2) is 0 Å². The van der Waals surface area contributed by atoms with Gasteiger partial charge in [-0.2, -0.15) is 5.10 Å².